The predicted molar refractivity (Wildman–Crippen MR) is 66.4 cm³/mol. The summed E-state index contributed by atoms with van der Waals surface area (Å²) < 4.78 is 0.934. The fourth-order valence-electron chi connectivity index (χ4n) is 1.62. The number of aliphatic carboxylic acids is 1. The third kappa shape index (κ3) is 2.40. The molecule has 0 aliphatic carbocycles. The molecule has 2 heterocycles. The van der Waals surface area contributed by atoms with Crippen molar-refractivity contribution in [3.8, 4) is 0 Å². The molecule has 1 aliphatic heterocycles. The molecule has 1 saturated heterocycles. The molecule has 0 spiro atoms. The Kier molecular flexibility index (Phi) is 3.54. The average Bonchev–Trinajstić information content (AvgIpc) is 2.30. The number of nitrogens with zero attached hydrogens (tertiary/aromatic N) is 3. The standard InChI is InChI=1S/C9H11IN4O2/c10-6-3-12-9(13-4-6)14-2-1-11-5-7(14)8(15)16/h3-4,7,11H,1-2,5H2,(H,15,16). The molecule has 0 aromatic carbocycles. The van der Waals surface area contributed by atoms with Crippen LogP contribution in [0.5, 0.6) is 0 Å². The van der Waals surface area contributed by atoms with E-state index in [2.05, 4.69) is 37.9 Å². The predicted octanol–water partition coefficient (Wildman–Crippen LogP) is -0.0560. The van der Waals surface area contributed by atoms with Crippen LogP contribution in [0.4, 0.5) is 5.95 Å². The Morgan fingerprint density at radius 2 is 2.25 bits per heavy atom. The van der Waals surface area contributed by atoms with E-state index in [0.29, 0.717) is 19.0 Å². The van der Waals surface area contributed by atoms with Crippen LogP contribution in [0, 0.1) is 3.57 Å². The number of aromatic nitrogens is 2. The van der Waals surface area contributed by atoms with Crippen LogP contribution in [0.25, 0.3) is 0 Å². The molecule has 1 aromatic rings. The monoisotopic (exact) mass is 334 g/mol. The number of carboxylic acids is 1. The SMILES string of the molecule is O=C(O)C1CNCCN1c1ncc(I)cn1. The number of piperazine rings is 1. The summed E-state index contributed by atoms with van der Waals surface area (Å²) in [6.07, 6.45) is 3.37. The van der Waals surface area contributed by atoms with Gasteiger partial charge in [0.2, 0.25) is 5.95 Å². The van der Waals surface area contributed by atoms with Crippen molar-refractivity contribution in [3.05, 3.63) is 16.0 Å². The molecule has 1 atom stereocenters. The van der Waals surface area contributed by atoms with E-state index < -0.39 is 12.0 Å². The maximum Gasteiger partial charge on any atom is 0.327 e. The summed E-state index contributed by atoms with van der Waals surface area (Å²) in [6, 6.07) is -0.589. The van der Waals surface area contributed by atoms with Crippen LogP contribution in [0.15, 0.2) is 12.4 Å². The molecule has 0 amide bonds. The topological polar surface area (TPSA) is 78.4 Å². The number of anilines is 1. The summed E-state index contributed by atoms with van der Waals surface area (Å²) in [7, 11) is 0. The lowest BCUT2D eigenvalue weighted by Gasteiger charge is -2.33. The lowest BCUT2D eigenvalue weighted by molar-refractivity contribution is -0.138. The van der Waals surface area contributed by atoms with Gasteiger partial charge in [-0.05, 0) is 22.6 Å². The number of hydrogen-bond donors (Lipinski definition) is 2. The Labute approximate surface area is 106 Å². The van der Waals surface area contributed by atoms with Gasteiger partial charge in [0.15, 0.2) is 0 Å². The molecular weight excluding hydrogens is 323 g/mol. The van der Waals surface area contributed by atoms with Crippen LogP contribution in [-0.4, -0.2) is 46.7 Å². The summed E-state index contributed by atoms with van der Waals surface area (Å²) in [5, 5.41) is 12.1. The van der Waals surface area contributed by atoms with Crippen LogP contribution in [0.2, 0.25) is 0 Å². The number of nitrogens with one attached hydrogen (secondary N) is 1. The molecule has 0 bridgehead atoms. The maximum atomic E-state index is 11.1. The van der Waals surface area contributed by atoms with Crippen molar-refractivity contribution < 1.29 is 9.90 Å². The second-order valence-electron chi connectivity index (χ2n) is 3.45. The minimum Gasteiger partial charge on any atom is -0.480 e. The second kappa shape index (κ2) is 4.91. The van der Waals surface area contributed by atoms with Crippen LogP contribution in [0.3, 0.4) is 0 Å². The van der Waals surface area contributed by atoms with Gasteiger partial charge in [0.25, 0.3) is 0 Å². The van der Waals surface area contributed by atoms with Gasteiger partial charge in [-0.1, -0.05) is 0 Å². The summed E-state index contributed by atoms with van der Waals surface area (Å²) in [6.45, 7) is 1.78. The van der Waals surface area contributed by atoms with Crippen molar-refractivity contribution in [1.82, 2.24) is 15.3 Å². The van der Waals surface area contributed by atoms with E-state index in [1.54, 1.807) is 17.3 Å². The zero-order chi connectivity index (χ0) is 11.5. The van der Waals surface area contributed by atoms with Crippen LogP contribution in [-0.2, 0) is 4.79 Å². The Morgan fingerprint density at radius 1 is 1.56 bits per heavy atom. The molecule has 0 radical (unpaired) electrons. The van der Waals surface area contributed by atoms with Gasteiger partial charge in [-0.2, -0.15) is 0 Å². The highest BCUT2D eigenvalue weighted by atomic mass is 127. The molecule has 6 nitrogen and oxygen atoms in total. The maximum absolute atomic E-state index is 11.1. The first kappa shape index (κ1) is 11.5. The van der Waals surface area contributed by atoms with Gasteiger partial charge in [0.05, 0.1) is 0 Å². The van der Waals surface area contributed by atoms with Gasteiger partial charge < -0.3 is 15.3 Å². The van der Waals surface area contributed by atoms with Gasteiger partial charge in [0.1, 0.15) is 6.04 Å². The molecule has 2 rings (SSSR count). The molecule has 2 N–H and O–H groups in total. The fraction of sp³-hybridized carbons (Fsp3) is 0.444. The fourth-order valence-corrected chi connectivity index (χ4v) is 1.90. The molecule has 16 heavy (non-hydrogen) atoms. The quantitative estimate of drug-likeness (QED) is 0.738. The van der Waals surface area contributed by atoms with E-state index in [4.69, 9.17) is 5.11 Å². The minimum absolute atomic E-state index is 0.421. The summed E-state index contributed by atoms with van der Waals surface area (Å²) in [5.41, 5.74) is 0. The lowest BCUT2D eigenvalue weighted by atomic mass is 10.2. The first-order valence-corrected chi connectivity index (χ1v) is 5.94. The van der Waals surface area contributed by atoms with Gasteiger partial charge in [-0.15, -0.1) is 0 Å². The summed E-state index contributed by atoms with van der Waals surface area (Å²) in [5.74, 6) is -0.372. The number of rotatable bonds is 2. The number of carboxylic acid groups (broad SMARTS) is 1. The molecule has 1 fully saturated rings. The van der Waals surface area contributed by atoms with Crippen molar-refractivity contribution in [2.24, 2.45) is 0 Å². The van der Waals surface area contributed by atoms with Gasteiger partial charge in [-0.25, -0.2) is 14.8 Å². The highest BCUT2D eigenvalue weighted by Crippen LogP contribution is 2.13. The summed E-state index contributed by atoms with van der Waals surface area (Å²) >= 11 is 2.11. The van der Waals surface area contributed by atoms with E-state index in [1.165, 1.54) is 0 Å². The van der Waals surface area contributed by atoms with Crippen molar-refractivity contribution in [2.75, 3.05) is 24.5 Å². The minimum atomic E-state index is -0.852. The van der Waals surface area contributed by atoms with E-state index in [1.807, 2.05) is 0 Å². The first-order valence-electron chi connectivity index (χ1n) is 4.86. The zero-order valence-corrected chi connectivity index (χ0v) is 10.6. The molecular formula is C9H11IN4O2. The number of hydrogen-bond acceptors (Lipinski definition) is 5. The first-order chi connectivity index (χ1) is 7.68. The molecule has 1 unspecified atom stereocenters. The Morgan fingerprint density at radius 3 is 2.88 bits per heavy atom. The van der Waals surface area contributed by atoms with Crippen LogP contribution >= 0.6 is 22.6 Å². The van der Waals surface area contributed by atoms with E-state index >= 15 is 0 Å². The normalized spacial score (nSPS) is 20.8. The number of halogens is 1. The van der Waals surface area contributed by atoms with Gasteiger partial charge >= 0.3 is 5.97 Å². The van der Waals surface area contributed by atoms with Gasteiger partial charge in [0, 0.05) is 35.6 Å². The van der Waals surface area contributed by atoms with Crippen LogP contribution in [0.1, 0.15) is 0 Å². The Balaban J connectivity index is 2.23. The average molecular weight is 334 g/mol. The van der Waals surface area contributed by atoms with E-state index in [9.17, 15) is 4.79 Å². The van der Waals surface area contributed by atoms with Crippen molar-refractivity contribution in [3.63, 3.8) is 0 Å². The molecule has 86 valence electrons. The summed E-state index contributed by atoms with van der Waals surface area (Å²) in [4.78, 5) is 21.1. The van der Waals surface area contributed by atoms with Crippen molar-refractivity contribution in [2.45, 2.75) is 6.04 Å². The highest BCUT2D eigenvalue weighted by molar-refractivity contribution is 14.1. The third-order valence-corrected chi connectivity index (χ3v) is 2.95. The van der Waals surface area contributed by atoms with E-state index in [0.717, 1.165) is 10.1 Å². The van der Waals surface area contributed by atoms with E-state index in [-0.39, 0.29) is 0 Å². The molecule has 7 heteroatoms. The molecule has 0 saturated carbocycles. The number of carbonyl (C=O) groups is 1. The smallest absolute Gasteiger partial charge is 0.327 e. The Bertz CT molecular complexity index is 384. The molecule has 1 aromatic heterocycles. The van der Waals surface area contributed by atoms with Crippen molar-refractivity contribution in [1.29, 1.82) is 0 Å². The second-order valence-corrected chi connectivity index (χ2v) is 4.70. The van der Waals surface area contributed by atoms with Gasteiger partial charge in [-0.3, -0.25) is 0 Å². The third-order valence-electron chi connectivity index (χ3n) is 2.39. The van der Waals surface area contributed by atoms with Crippen molar-refractivity contribution >= 4 is 34.5 Å². The highest BCUT2D eigenvalue weighted by Gasteiger charge is 2.29. The zero-order valence-electron chi connectivity index (χ0n) is 8.43. The van der Waals surface area contributed by atoms with Crippen LogP contribution < -0.4 is 10.2 Å². The lowest BCUT2D eigenvalue weighted by Crippen LogP contribution is -2.55. The molecule has 1 aliphatic rings. The largest absolute Gasteiger partial charge is 0.480 e. The Hall–Kier alpha value is -0.960.